The zero-order valence-electron chi connectivity index (χ0n) is 18.8. The standard InChI is InChI=1S/C25H42ClNO/c1-6-7-8-9-10-14-17-28-22-18-24(2,3)27(25(4,5)19-22)20-23(26)21-15-12-11-13-16-21/h11-13,15-16,22-23H,6-10,14,17-20H2,1-5H3. The predicted octanol–water partition coefficient (Wildman–Crippen LogP) is 7.37. The third-order valence-electron chi connectivity index (χ3n) is 6.27. The average Bonchev–Trinajstić information content (AvgIpc) is 2.64. The van der Waals surface area contributed by atoms with Crippen LogP contribution < -0.4 is 0 Å². The second kappa shape index (κ2) is 11.0. The molecule has 3 heteroatoms. The molecule has 1 fully saturated rings. The molecule has 1 heterocycles. The molecule has 0 radical (unpaired) electrons. The van der Waals surface area contributed by atoms with Gasteiger partial charge in [-0.15, -0.1) is 11.6 Å². The summed E-state index contributed by atoms with van der Waals surface area (Å²) in [4.78, 5) is 2.61. The Labute approximate surface area is 179 Å². The van der Waals surface area contributed by atoms with Crippen LogP contribution in [-0.4, -0.2) is 35.2 Å². The number of nitrogens with zero attached hydrogens (tertiary/aromatic N) is 1. The molecule has 1 aliphatic rings. The van der Waals surface area contributed by atoms with Crippen LogP contribution in [0.3, 0.4) is 0 Å². The van der Waals surface area contributed by atoms with E-state index >= 15 is 0 Å². The van der Waals surface area contributed by atoms with E-state index in [2.05, 4.69) is 63.8 Å². The van der Waals surface area contributed by atoms with E-state index < -0.39 is 0 Å². The van der Waals surface area contributed by atoms with Gasteiger partial charge in [0.1, 0.15) is 0 Å². The quantitative estimate of drug-likeness (QED) is 0.280. The Hall–Kier alpha value is -0.570. The molecule has 1 aliphatic heterocycles. The van der Waals surface area contributed by atoms with Crippen LogP contribution in [0.2, 0.25) is 0 Å². The highest BCUT2D eigenvalue weighted by Crippen LogP contribution is 2.41. The van der Waals surface area contributed by atoms with E-state index in [0.29, 0.717) is 6.10 Å². The second-order valence-corrected chi connectivity index (χ2v) is 10.3. The van der Waals surface area contributed by atoms with Crippen LogP contribution in [0.4, 0.5) is 0 Å². The topological polar surface area (TPSA) is 12.5 Å². The van der Waals surface area contributed by atoms with E-state index in [1.54, 1.807) is 0 Å². The van der Waals surface area contributed by atoms with Gasteiger partial charge < -0.3 is 4.74 Å². The average molecular weight is 408 g/mol. The highest BCUT2D eigenvalue weighted by atomic mass is 35.5. The van der Waals surface area contributed by atoms with Crippen molar-refractivity contribution in [3.05, 3.63) is 35.9 Å². The fourth-order valence-electron chi connectivity index (χ4n) is 4.90. The second-order valence-electron chi connectivity index (χ2n) is 9.78. The number of benzene rings is 1. The summed E-state index contributed by atoms with van der Waals surface area (Å²) in [7, 11) is 0. The van der Waals surface area contributed by atoms with E-state index in [1.165, 1.54) is 44.1 Å². The lowest BCUT2D eigenvalue weighted by atomic mass is 9.77. The summed E-state index contributed by atoms with van der Waals surface area (Å²) in [6.07, 6.45) is 10.4. The lowest BCUT2D eigenvalue weighted by Gasteiger charge is -2.55. The molecule has 2 nitrogen and oxygen atoms in total. The minimum Gasteiger partial charge on any atom is -0.378 e. The van der Waals surface area contributed by atoms with Crippen LogP contribution in [-0.2, 0) is 4.74 Å². The van der Waals surface area contributed by atoms with E-state index in [9.17, 15) is 0 Å². The minimum absolute atomic E-state index is 0.0142. The number of hydrogen-bond donors (Lipinski definition) is 0. The first-order valence-electron chi connectivity index (χ1n) is 11.3. The van der Waals surface area contributed by atoms with Crippen molar-refractivity contribution in [1.29, 1.82) is 0 Å². The van der Waals surface area contributed by atoms with Gasteiger partial charge in [-0.25, -0.2) is 0 Å². The molecule has 1 aromatic rings. The van der Waals surface area contributed by atoms with E-state index in [0.717, 1.165) is 26.0 Å². The first-order valence-corrected chi connectivity index (χ1v) is 11.8. The molecular weight excluding hydrogens is 366 g/mol. The molecule has 0 saturated carbocycles. The number of alkyl halides is 1. The van der Waals surface area contributed by atoms with Crippen LogP contribution in [0.15, 0.2) is 30.3 Å². The van der Waals surface area contributed by atoms with Gasteiger partial charge in [-0.2, -0.15) is 0 Å². The smallest absolute Gasteiger partial charge is 0.0712 e. The number of likely N-dealkylation sites (tertiary alicyclic amines) is 1. The lowest BCUT2D eigenvalue weighted by molar-refractivity contribution is -0.104. The number of ether oxygens (including phenoxy) is 1. The van der Waals surface area contributed by atoms with Crippen molar-refractivity contribution < 1.29 is 4.74 Å². The van der Waals surface area contributed by atoms with E-state index in [4.69, 9.17) is 16.3 Å². The molecule has 0 aromatic heterocycles. The van der Waals surface area contributed by atoms with Gasteiger partial charge in [0.25, 0.3) is 0 Å². The molecule has 2 rings (SSSR count). The molecule has 1 unspecified atom stereocenters. The first kappa shape index (κ1) is 23.7. The van der Waals surface area contributed by atoms with Gasteiger partial charge in [0.2, 0.25) is 0 Å². The summed E-state index contributed by atoms with van der Waals surface area (Å²) in [6, 6.07) is 10.5. The number of hydrogen-bond acceptors (Lipinski definition) is 2. The number of halogens is 1. The maximum absolute atomic E-state index is 6.81. The molecule has 0 amide bonds. The molecule has 28 heavy (non-hydrogen) atoms. The maximum Gasteiger partial charge on any atom is 0.0712 e. The van der Waals surface area contributed by atoms with Crippen molar-refractivity contribution in [2.45, 2.75) is 109 Å². The van der Waals surface area contributed by atoms with Crippen molar-refractivity contribution in [3.8, 4) is 0 Å². The van der Waals surface area contributed by atoms with Gasteiger partial charge in [-0.05, 0) is 52.5 Å². The molecule has 0 N–H and O–H groups in total. The Morgan fingerprint density at radius 1 is 0.964 bits per heavy atom. The van der Waals surface area contributed by atoms with Crippen LogP contribution in [0, 0.1) is 0 Å². The van der Waals surface area contributed by atoms with Gasteiger partial charge >= 0.3 is 0 Å². The van der Waals surface area contributed by atoms with Crippen LogP contribution >= 0.6 is 11.6 Å². The highest BCUT2D eigenvalue weighted by Gasteiger charge is 2.46. The Kier molecular flexibility index (Phi) is 9.31. The molecule has 1 aromatic carbocycles. The van der Waals surface area contributed by atoms with Crippen molar-refractivity contribution in [3.63, 3.8) is 0 Å². The van der Waals surface area contributed by atoms with Gasteiger partial charge in [-0.1, -0.05) is 69.4 Å². The molecule has 0 spiro atoms. The monoisotopic (exact) mass is 407 g/mol. The minimum atomic E-state index is 0.0142. The summed E-state index contributed by atoms with van der Waals surface area (Å²) < 4.78 is 6.34. The van der Waals surface area contributed by atoms with Crippen molar-refractivity contribution in [2.24, 2.45) is 0 Å². The Morgan fingerprint density at radius 2 is 1.54 bits per heavy atom. The molecule has 0 bridgehead atoms. The van der Waals surface area contributed by atoms with Crippen molar-refractivity contribution in [2.75, 3.05) is 13.2 Å². The fourth-order valence-corrected chi connectivity index (χ4v) is 5.18. The summed E-state index contributed by atoms with van der Waals surface area (Å²) in [6.45, 7) is 13.5. The highest BCUT2D eigenvalue weighted by molar-refractivity contribution is 6.21. The summed E-state index contributed by atoms with van der Waals surface area (Å²) in [5, 5.41) is 0.0142. The molecular formula is C25H42ClNO. The van der Waals surface area contributed by atoms with Crippen molar-refractivity contribution >= 4 is 11.6 Å². The number of rotatable bonds is 11. The zero-order chi connectivity index (χ0) is 20.6. The summed E-state index contributed by atoms with van der Waals surface area (Å²) >= 11 is 6.81. The SMILES string of the molecule is CCCCCCCCOC1CC(C)(C)N(CC(Cl)c2ccccc2)C(C)(C)C1. The Balaban J connectivity index is 1.86. The van der Waals surface area contributed by atoms with Gasteiger partial charge in [0.05, 0.1) is 11.5 Å². The van der Waals surface area contributed by atoms with Crippen molar-refractivity contribution in [1.82, 2.24) is 4.90 Å². The molecule has 1 atom stereocenters. The van der Waals surface area contributed by atoms with Gasteiger partial charge in [-0.3, -0.25) is 4.90 Å². The largest absolute Gasteiger partial charge is 0.378 e. The van der Waals surface area contributed by atoms with E-state index in [-0.39, 0.29) is 16.5 Å². The van der Waals surface area contributed by atoms with Gasteiger partial charge in [0.15, 0.2) is 0 Å². The maximum atomic E-state index is 6.81. The summed E-state index contributed by atoms with van der Waals surface area (Å²) in [5.74, 6) is 0. The Morgan fingerprint density at radius 3 is 2.14 bits per heavy atom. The van der Waals surface area contributed by atoms with Crippen LogP contribution in [0.5, 0.6) is 0 Å². The third-order valence-corrected chi connectivity index (χ3v) is 6.66. The first-order chi connectivity index (χ1) is 13.3. The molecule has 0 aliphatic carbocycles. The Bertz CT molecular complexity index is 539. The van der Waals surface area contributed by atoms with Crippen LogP contribution in [0.25, 0.3) is 0 Å². The predicted molar refractivity (Wildman–Crippen MR) is 122 cm³/mol. The molecule has 160 valence electrons. The lowest BCUT2D eigenvalue weighted by Crippen LogP contribution is -2.62. The van der Waals surface area contributed by atoms with Gasteiger partial charge in [0, 0.05) is 24.2 Å². The number of piperidine rings is 1. The molecule has 1 saturated heterocycles. The van der Waals surface area contributed by atoms with Crippen LogP contribution in [0.1, 0.15) is 96.9 Å². The van der Waals surface area contributed by atoms with E-state index in [1.807, 2.05) is 6.07 Å². The third kappa shape index (κ3) is 7.04. The fraction of sp³-hybridized carbons (Fsp3) is 0.760. The number of unbranched alkanes of at least 4 members (excludes halogenated alkanes) is 5. The zero-order valence-corrected chi connectivity index (χ0v) is 19.6. The summed E-state index contributed by atoms with van der Waals surface area (Å²) in [5.41, 5.74) is 1.36. The normalized spacial score (nSPS) is 20.9.